The highest BCUT2D eigenvalue weighted by atomic mass is 16.2. The smallest absolute Gasteiger partial charge is 0.237 e. The fourth-order valence-electron chi connectivity index (χ4n) is 5.13. The zero-order valence-electron chi connectivity index (χ0n) is 13.4. The summed E-state index contributed by atoms with van der Waals surface area (Å²) >= 11 is 0. The maximum Gasteiger partial charge on any atom is 0.237 e. The molecule has 3 heteroatoms. The Morgan fingerprint density at radius 2 is 1.80 bits per heavy atom. The van der Waals surface area contributed by atoms with Crippen molar-refractivity contribution in [2.45, 2.75) is 77.4 Å². The van der Waals surface area contributed by atoms with Crippen molar-refractivity contribution in [1.82, 2.24) is 10.6 Å². The van der Waals surface area contributed by atoms with Crippen molar-refractivity contribution in [1.29, 1.82) is 0 Å². The van der Waals surface area contributed by atoms with Gasteiger partial charge in [0.25, 0.3) is 0 Å². The van der Waals surface area contributed by atoms with Crippen LogP contribution in [-0.2, 0) is 4.79 Å². The molecule has 3 rings (SSSR count). The molecular formula is C17H30N2O. The lowest BCUT2D eigenvalue weighted by atomic mass is 9.79. The van der Waals surface area contributed by atoms with E-state index in [1.54, 1.807) is 0 Å². The van der Waals surface area contributed by atoms with Crippen LogP contribution in [0.4, 0.5) is 0 Å². The van der Waals surface area contributed by atoms with Crippen molar-refractivity contribution in [3.8, 4) is 0 Å². The van der Waals surface area contributed by atoms with Gasteiger partial charge in [0.2, 0.25) is 5.91 Å². The van der Waals surface area contributed by atoms with Gasteiger partial charge in [-0.3, -0.25) is 4.79 Å². The number of fused-ring (bicyclic) bond motifs is 5. The molecule has 2 bridgehead atoms. The van der Waals surface area contributed by atoms with Gasteiger partial charge in [-0.25, -0.2) is 0 Å². The predicted molar refractivity (Wildman–Crippen MR) is 81.3 cm³/mol. The van der Waals surface area contributed by atoms with E-state index >= 15 is 0 Å². The molecule has 0 aliphatic heterocycles. The third-order valence-electron chi connectivity index (χ3n) is 5.78. The molecule has 0 saturated heterocycles. The molecule has 0 aromatic rings. The van der Waals surface area contributed by atoms with E-state index in [9.17, 15) is 4.79 Å². The van der Waals surface area contributed by atoms with Gasteiger partial charge in [-0.05, 0) is 77.0 Å². The van der Waals surface area contributed by atoms with Crippen molar-refractivity contribution in [3.63, 3.8) is 0 Å². The topological polar surface area (TPSA) is 41.1 Å². The minimum absolute atomic E-state index is 0.0709. The SMILES string of the molecule is CC(NC1CC2CC1C1CCCC21)C(=O)NC(C)(C)C. The second kappa shape index (κ2) is 5.01. The summed E-state index contributed by atoms with van der Waals surface area (Å²) in [5.74, 6) is 3.92. The number of nitrogens with one attached hydrogen (secondary N) is 2. The van der Waals surface area contributed by atoms with Crippen molar-refractivity contribution in [2.24, 2.45) is 23.7 Å². The number of amides is 1. The monoisotopic (exact) mass is 278 g/mol. The van der Waals surface area contributed by atoms with Crippen LogP contribution in [-0.4, -0.2) is 23.5 Å². The van der Waals surface area contributed by atoms with Crippen LogP contribution in [0.5, 0.6) is 0 Å². The number of hydrogen-bond acceptors (Lipinski definition) is 2. The lowest BCUT2D eigenvalue weighted by Gasteiger charge is -2.34. The van der Waals surface area contributed by atoms with E-state index in [0.717, 1.165) is 23.7 Å². The van der Waals surface area contributed by atoms with Crippen LogP contribution >= 0.6 is 0 Å². The molecular weight excluding hydrogens is 248 g/mol. The zero-order valence-corrected chi connectivity index (χ0v) is 13.4. The van der Waals surface area contributed by atoms with E-state index in [1.165, 1.54) is 32.1 Å². The summed E-state index contributed by atoms with van der Waals surface area (Å²) < 4.78 is 0. The third kappa shape index (κ3) is 2.61. The van der Waals surface area contributed by atoms with E-state index in [4.69, 9.17) is 0 Å². The summed E-state index contributed by atoms with van der Waals surface area (Å²) in [7, 11) is 0. The number of carbonyl (C=O) groups excluding carboxylic acids is 1. The van der Waals surface area contributed by atoms with Gasteiger partial charge in [0.15, 0.2) is 0 Å². The Kier molecular flexibility index (Phi) is 3.60. The Hall–Kier alpha value is -0.570. The Morgan fingerprint density at radius 1 is 1.10 bits per heavy atom. The zero-order chi connectivity index (χ0) is 14.5. The summed E-state index contributed by atoms with van der Waals surface area (Å²) in [4.78, 5) is 12.2. The molecule has 1 amide bonds. The van der Waals surface area contributed by atoms with Crippen molar-refractivity contribution in [3.05, 3.63) is 0 Å². The van der Waals surface area contributed by atoms with Gasteiger partial charge in [0.1, 0.15) is 0 Å². The van der Waals surface area contributed by atoms with Crippen LogP contribution in [0.3, 0.4) is 0 Å². The summed E-state index contributed by atoms with van der Waals surface area (Å²) in [6.07, 6.45) is 7.07. The first kappa shape index (κ1) is 14.4. The first-order valence-corrected chi connectivity index (χ1v) is 8.43. The number of hydrogen-bond donors (Lipinski definition) is 2. The molecule has 0 aromatic carbocycles. The molecule has 0 radical (unpaired) electrons. The molecule has 6 unspecified atom stereocenters. The van der Waals surface area contributed by atoms with Crippen LogP contribution in [0.1, 0.15) is 59.8 Å². The second-order valence-corrected chi connectivity index (χ2v) is 8.39. The van der Waals surface area contributed by atoms with Gasteiger partial charge < -0.3 is 10.6 Å². The largest absolute Gasteiger partial charge is 0.350 e. The lowest BCUT2D eigenvalue weighted by molar-refractivity contribution is -0.124. The first-order valence-electron chi connectivity index (χ1n) is 8.43. The maximum absolute atomic E-state index is 12.2. The molecule has 6 atom stereocenters. The molecule has 0 heterocycles. The molecule has 3 nitrogen and oxygen atoms in total. The first-order chi connectivity index (χ1) is 9.35. The van der Waals surface area contributed by atoms with Crippen LogP contribution < -0.4 is 10.6 Å². The van der Waals surface area contributed by atoms with Crippen molar-refractivity contribution in [2.75, 3.05) is 0 Å². The van der Waals surface area contributed by atoms with Crippen molar-refractivity contribution >= 4 is 5.91 Å². The highest BCUT2D eigenvalue weighted by Crippen LogP contribution is 2.58. The average Bonchev–Trinajstić information content (AvgIpc) is 2.97. The van der Waals surface area contributed by atoms with Gasteiger partial charge in [-0.2, -0.15) is 0 Å². The molecule has 0 aromatic heterocycles. The van der Waals surface area contributed by atoms with Crippen LogP contribution in [0.2, 0.25) is 0 Å². The average molecular weight is 278 g/mol. The standard InChI is InChI=1S/C17H30N2O/c1-10(16(20)19-17(2,3)4)18-15-9-11-8-14(15)13-7-5-6-12(11)13/h10-15,18H,5-9H2,1-4H3,(H,19,20). The highest BCUT2D eigenvalue weighted by molar-refractivity contribution is 5.81. The lowest BCUT2D eigenvalue weighted by Crippen LogP contribution is -2.53. The predicted octanol–water partition coefficient (Wildman–Crippen LogP) is 2.70. The molecule has 20 heavy (non-hydrogen) atoms. The maximum atomic E-state index is 12.2. The molecule has 2 N–H and O–H groups in total. The summed E-state index contributed by atoms with van der Waals surface area (Å²) in [6, 6.07) is 0.512. The van der Waals surface area contributed by atoms with E-state index in [2.05, 4.69) is 10.6 Å². The number of rotatable bonds is 3. The highest BCUT2D eigenvalue weighted by Gasteiger charge is 2.53. The van der Waals surface area contributed by atoms with Crippen LogP contribution in [0.15, 0.2) is 0 Å². The molecule has 114 valence electrons. The van der Waals surface area contributed by atoms with Gasteiger partial charge in [-0.1, -0.05) is 6.42 Å². The minimum atomic E-state index is -0.141. The Bertz CT molecular complexity index is 387. The van der Waals surface area contributed by atoms with Gasteiger partial charge in [0.05, 0.1) is 6.04 Å². The molecule has 3 saturated carbocycles. The van der Waals surface area contributed by atoms with Crippen molar-refractivity contribution < 1.29 is 4.79 Å². The van der Waals surface area contributed by atoms with Gasteiger partial charge in [-0.15, -0.1) is 0 Å². The van der Waals surface area contributed by atoms with E-state index in [0.29, 0.717) is 6.04 Å². The van der Waals surface area contributed by atoms with Gasteiger partial charge >= 0.3 is 0 Å². The molecule has 3 aliphatic carbocycles. The van der Waals surface area contributed by atoms with E-state index < -0.39 is 0 Å². The number of carbonyl (C=O) groups is 1. The Balaban J connectivity index is 1.55. The minimum Gasteiger partial charge on any atom is -0.350 e. The fourth-order valence-corrected chi connectivity index (χ4v) is 5.13. The van der Waals surface area contributed by atoms with Gasteiger partial charge in [0, 0.05) is 11.6 Å². The van der Waals surface area contributed by atoms with Crippen LogP contribution in [0.25, 0.3) is 0 Å². The molecule has 3 aliphatic rings. The van der Waals surface area contributed by atoms with Crippen LogP contribution in [0, 0.1) is 23.7 Å². The fraction of sp³-hybridized carbons (Fsp3) is 0.941. The van der Waals surface area contributed by atoms with E-state index in [-0.39, 0.29) is 17.5 Å². The summed E-state index contributed by atoms with van der Waals surface area (Å²) in [5.41, 5.74) is -0.141. The quantitative estimate of drug-likeness (QED) is 0.833. The Labute approximate surface area is 123 Å². The normalized spacial score (nSPS) is 40.7. The summed E-state index contributed by atoms with van der Waals surface area (Å²) in [5, 5.41) is 6.71. The molecule has 0 spiro atoms. The second-order valence-electron chi connectivity index (χ2n) is 8.39. The third-order valence-corrected chi connectivity index (χ3v) is 5.78. The summed E-state index contributed by atoms with van der Waals surface area (Å²) in [6.45, 7) is 8.13. The Morgan fingerprint density at radius 3 is 2.50 bits per heavy atom. The molecule has 3 fully saturated rings. The van der Waals surface area contributed by atoms with E-state index in [1.807, 2.05) is 27.7 Å².